The molecule has 0 saturated heterocycles. The van der Waals surface area contributed by atoms with Crippen molar-refractivity contribution in [3.05, 3.63) is 83.1 Å². The number of nitrogens with one attached hydrogen (secondary N) is 1. The smallest absolute Gasteiger partial charge is 0.234 e. The molecule has 0 atom stereocenters. The Hall–Kier alpha value is -3.54. The van der Waals surface area contributed by atoms with E-state index in [4.69, 9.17) is 21.3 Å². The van der Waals surface area contributed by atoms with Crippen LogP contribution >= 0.6 is 23.4 Å². The summed E-state index contributed by atoms with van der Waals surface area (Å²) in [5.41, 5.74) is 1.96. The zero-order valence-corrected chi connectivity index (χ0v) is 17.7. The summed E-state index contributed by atoms with van der Waals surface area (Å²) in [6.07, 6.45) is 1.58. The summed E-state index contributed by atoms with van der Waals surface area (Å²) in [6.45, 7) is 0.541. The van der Waals surface area contributed by atoms with Crippen molar-refractivity contribution in [1.29, 1.82) is 5.26 Å². The fourth-order valence-electron chi connectivity index (χ4n) is 2.90. The molecule has 4 rings (SSSR count). The van der Waals surface area contributed by atoms with E-state index in [0.29, 0.717) is 39.6 Å². The molecule has 7 nitrogen and oxygen atoms in total. The van der Waals surface area contributed by atoms with Gasteiger partial charge in [0.1, 0.15) is 6.07 Å². The first-order valence-electron chi connectivity index (χ1n) is 9.27. The lowest BCUT2D eigenvalue weighted by atomic mass is 10.2. The Bertz CT molecular complexity index is 1230. The van der Waals surface area contributed by atoms with Crippen LogP contribution in [-0.2, 0) is 11.3 Å². The third-order valence-corrected chi connectivity index (χ3v) is 5.63. The molecule has 154 valence electrons. The maximum atomic E-state index is 12.4. The minimum atomic E-state index is -0.223. The van der Waals surface area contributed by atoms with E-state index in [2.05, 4.69) is 15.5 Å². The Morgan fingerprint density at radius 1 is 1.16 bits per heavy atom. The molecule has 1 amide bonds. The van der Waals surface area contributed by atoms with E-state index in [1.165, 1.54) is 11.8 Å². The Balaban J connectivity index is 1.49. The number of aromatic nitrogens is 3. The van der Waals surface area contributed by atoms with Gasteiger partial charge in [0.15, 0.2) is 10.9 Å². The van der Waals surface area contributed by atoms with E-state index in [1.807, 2.05) is 47.0 Å². The number of nitriles is 1. The first-order chi connectivity index (χ1) is 15.1. The number of hydrogen-bond acceptors (Lipinski definition) is 6. The summed E-state index contributed by atoms with van der Waals surface area (Å²) in [5.74, 6) is 1.10. The third-order valence-electron chi connectivity index (χ3n) is 4.35. The number of furan rings is 1. The molecule has 0 radical (unpaired) electrons. The van der Waals surface area contributed by atoms with Crippen molar-refractivity contribution >= 4 is 35.0 Å². The van der Waals surface area contributed by atoms with Crippen LogP contribution in [0.2, 0.25) is 5.02 Å². The molecule has 31 heavy (non-hydrogen) atoms. The van der Waals surface area contributed by atoms with Crippen molar-refractivity contribution in [3.63, 3.8) is 0 Å². The molecular weight excluding hydrogens is 434 g/mol. The summed E-state index contributed by atoms with van der Waals surface area (Å²) in [5, 5.41) is 21.2. The van der Waals surface area contributed by atoms with Crippen LogP contribution < -0.4 is 5.32 Å². The molecule has 0 unspecified atom stereocenters. The van der Waals surface area contributed by atoms with Gasteiger partial charge in [0.25, 0.3) is 0 Å². The van der Waals surface area contributed by atoms with Crippen molar-refractivity contribution < 1.29 is 9.21 Å². The molecule has 4 aromatic rings. The number of halogens is 1. The highest BCUT2D eigenvalue weighted by Crippen LogP contribution is 2.26. The van der Waals surface area contributed by atoms with E-state index in [1.54, 1.807) is 30.5 Å². The number of carbonyl (C=O) groups excluding carboxylic acids is 1. The number of benzene rings is 2. The highest BCUT2D eigenvalue weighted by atomic mass is 35.5. The second kappa shape index (κ2) is 9.51. The van der Waals surface area contributed by atoms with Gasteiger partial charge < -0.3 is 9.73 Å². The van der Waals surface area contributed by atoms with Gasteiger partial charge in [-0.1, -0.05) is 53.7 Å². The van der Waals surface area contributed by atoms with Gasteiger partial charge in [0, 0.05) is 5.69 Å². The lowest BCUT2D eigenvalue weighted by Gasteiger charge is -2.10. The van der Waals surface area contributed by atoms with Crippen LogP contribution in [0, 0.1) is 11.3 Å². The van der Waals surface area contributed by atoms with Crippen LogP contribution in [0.3, 0.4) is 0 Å². The summed E-state index contributed by atoms with van der Waals surface area (Å²) >= 11 is 7.30. The molecule has 2 heterocycles. The predicted molar refractivity (Wildman–Crippen MR) is 119 cm³/mol. The van der Waals surface area contributed by atoms with Crippen LogP contribution in [0.1, 0.15) is 11.1 Å². The molecule has 9 heteroatoms. The van der Waals surface area contributed by atoms with Crippen molar-refractivity contribution in [2.75, 3.05) is 11.1 Å². The molecule has 0 spiro atoms. The van der Waals surface area contributed by atoms with E-state index in [0.717, 1.165) is 5.56 Å². The van der Waals surface area contributed by atoms with Crippen molar-refractivity contribution in [3.8, 4) is 17.7 Å². The third kappa shape index (κ3) is 4.97. The molecular formula is C22H16ClN5O2S. The second-order valence-corrected chi connectivity index (χ2v) is 7.85. The molecule has 0 saturated carbocycles. The average Bonchev–Trinajstić information content (AvgIpc) is 3.43. The lowest BCUT2D eigenvalue weighted by Crippen LogP contribution is -2.15. The molecule has 0 bridgehead atoms. The zero-order chi connectivity index (χ0) is 21.6. The molecule has 1 N–H and O–H groups in total. The number of carbonyl (C=O) groups is 1. The first kappa shape index (κ1) is 20.7. The van der Waals surface area contributed by atoms with Gasteiger partial charge in [-0.3, -0.25) is 9.36 Å². The zero-order valence-electron chi connectivity index (χ0n) is 16.2. The van der Waals surface area contributed by atoms with E-state index >= 15 is 0 Å². The van der Waals surface area contributed by atoms with Crippen LogP contribution in [0.5, 0.6) is 0 Å². The normalized spacial score (nSPS) is 10.6. The second-order valence-electron chi connectivity index (χ2n) is 6.50. The highest BCUT2D eigenvalue weighted by molar-refractivity contribution is 7.99. The Morgan fingerprint density at radius 3 is 2.71 bits per heavy atom. The quantitative estimate of drug-likeness (QED) is 0.405. The highest BCUT2D eigenvalue weighted by Gasteiger charge is 2.18. The molecule has 0 aliphatic carbocycles. The minimum absolute atomic E-state index is 0.128. The predicted octanol–water partition coefficient (Wildman–Crippen LogP) is 4.84. The van der Waals surface area contributed by atoms with Crippen LogP contribution in [0.25, 0.3) is 11.6 Å². The number of amides is 1. The number of rotatable bonds is 7. The minimum Gasteiger partial charge on any atom is -0.461 e. The topological polar surface area (TPSA) is 96.7 Å². The molecule has 0 aliphatic rings. The summed E-state index contributed by atoms with van der Waals surface area (Å²) < 4.78 is 7.42. The van der Waals surface area contributed by atoms with Crippen molar-refractivity contribution in [2.45, 2.75) is 11.7 Å². The summed E-state index contributed by atoms with van der Waals surface area (Å²) in [6, 6.07) is 20.3. The van der Waals surface area contributed by atoms with Gasteiger partial charge in [-0.2, -0.15) is 5.26 Å². The van der Waals surface area contributed by atoms with Gasteiger partial charge in [0.05, 0.1) is 29.1 Å². The standard InChI is InChI=1S/C22H16ClN5O2S/c23-18-11-17(9-8-16(18)12-24)25-20(29)14-31-22-27-26-21(19-7-4-10-30-19)28(22)13-15-5-2-1-3-6-15/h1-11H,13-14H2,(H,25,29). The monoisotopic (exact) mass is 449 g/mol. The van der Waals surface area contributed by atoms with Crippen LogP contribution in [0.15, 0.2) is 76.5 Å². The van der Waals surface area contributed by atoms with Gasteiger partial charge in [0.2, 0.25) is 11.7 Å². The van der Waals surface area contributed by atoms with Crippen LogP contribution in [-0.4, -0.2) is 26.4 Å². The van der Waals surface area contributed by atoms with E-state index in [9.17, 15) is 4.79 Å². The lowest BCUT2D eigenvalue weighted by molar-refractivity contribution is -0.113. The molecule has 0 fully saturated rings. The summed E-state index contributed by atoms with van der Waals surface area (Å²) in [7, 11) is 0. The number of hydrogen-bond donors (Lipinski definition) is 1. The number of nitrogens with zero attached hydrogens (tertiary/aromatic N) is 4. The van der Waals surface area contributed by atoms with E-state index < -0.39 is 0 Å². The largest absolute Gasteiger partial charge is 0.461 e. The number of thioether (sulfide) groups is 1. The average molecular weight is 450 g/mol. The maximum absolute atomic E-state index is 12.4. The molecule has 2 aromatic heterocycles. The van der Waals surface area contributed by atoms with E-state index in [-0.39, 0.29) is 11.7 Å². The fraction of sp³-hybridized carbons (Fsp3) is 0.0909. The molecule has 2 aromatic carbocycles. The van der Waals surface area contributed by atoms with Crippen molar-refractivity contribution in [1.82, 2.24) is 14.8 Å². The SMILES string of the molecule is N#Cc1ccc(NC(=O)CSc2nnc(-c3ccco3)n2Cc2ccccc2)cc1Cl. The number of anilines is 1. The van der Waals surface area contributed by atoms with Gasteiger partial charge in [-0.25, -0.2) is 0 Å². The van der Waals surface area contributed by atoms with Gasteiger partial charge in [-0.15, -0.1) is 10.2 Å². The van der Waals surface area contributed by atoms with Gasteiger partial charge in [-0.05, 0) is 35.9 Å². The fourth-order valence-corrected chi connectivity index (χ4v) is 3.86. The van der Waals surface area contributed by atoms with Gasteiger partial charge >= 0.3 is 0 Å². The summed E-state index contributed by atoms with van der Waals surface area (Å²) in [4.78, 5) is 12.4. The first-order valence-corrected chi connectivity index (χ1v) is 10.6. The Labute approximate surface area is 187 Å². The molecule has 0 aliphatic heterocycles. The maximum Gasteiger partial charge on any atom is 0.234 e. The van der Waals surface area contributed by atoms with Crippen LogP contribution in [0.4, 0.5) is 5.69 Å². The van der Waals surface area contributed by atoms with Crippen molar-refractivity contribution in [2.24, 2.45) is 0 Å². The Kier molecular flexibility index (Phi) is 6.36. The Morgan fingerprint density at radius 2 is 2.00 bits per heavy atom.